The van der Waals surface area contributed by atoms with Crippen LogP contribution in [0.15, 0.2) is 60.2 Å². The SMILES string of the molecule is Cc1cc(C)nc(Nc2cccc(C(=O)NCc3csc(-c4ccncc4)n3)c2)n1. The van der Waals surface area contributed by atoms with Gasteiger partial charge in [0.2, 0.25) is 5.95 Å². The molecule has 0 aliphatic carbocycles. The molecule has 30 heavy (non-hydrogen) atoms. The van der Waals surface area contributed by atoms with E-state index in [0.717, 1.165) is 33.3 Å². The monoisotopic (exact) mass is 416 g/mol. The van der Waals surface area contributed by atoms with Crippen molar-refractivity contribution in [3.8, 4) is 10.6 Å². The van der Waals surface area contributed by atoms with E-state index in [2.05, 4.69) is 30.6 Å². The van der Waals surface area contributed by atoms with Gasteiger partial charge in [0, 0.05) is 46.0 Å². The van der Waals surface area contributed by atoms with Gasteiger partial charge in [0.25, 0.3) is 5.91 Å². The molecule has 0 fully saturated rings. The summed E-state index contributed by atoms with van der Waals surface area (Å²) in [7, 11) is 0. The van der Waals surface area contributed by atoms with Crippen molar-refractivity contribution in [1.82, 2.24) is 25.3 Å². The van der Waals surface area contributed by atoms with E-state index < -0.39 is 0 Å². The van der Waals surface area contributed by atoms with Crippen LogP contribution >= 0.6 is 11.3 Å². The summed E-state index contributed by atoms with van der Waals surface area (Å²) in [6, 6.07) is 13.0. The van der Waals surface area contributed by atoms with Crippen molar-refractivity contribution in [2.24, 2.45) is 0 Å². The first kappa shape index (κ1) is 19.7. The maximum Gasteiger partial charge on any atom is 0.251 e. The summed E-state index contributed by atoms with van der Waals surface area (Å²) in [5.41, 5.74) is 4.90. The van der Waals surface area contributed by atoms with Crippen molar-refractivity contribution < 1.29 is 4.79 Å². The fourth-order valence-corrected chi connectivity index (χ4v) is 3.76. The maximum absolute atomic E-state index is 12.6. The molecule has 3 aromatic heterocycles. The van der Waals surface area contributed by atoms with Crippen molar-refractivity contribution in [2.75, 3.05) is 5.32 Å². The Morgan fingerprint density at radius 3 is 2.53 bits per heavy atom. The maximum atomic E-state index is 12.6. The number of hydrogen-bond acceptors (Lipinski definition) is 7. The Balaban J connectivity index is 1.40. The first-order chi connectivity index (χ1) is 14.6. The van der Waals surface area contributed by atoms with Gasteiger partial charge in [0.05, 0.1) is 12.2 Å². The summed E-state index contributed by atoms with van der Waals surface area (Å²) >= 11 is 1.54. The van der Waals surface area contributed by atoms with Gasteiger partial charge in [0.1, 0.15) is 5.01 Å². The second kappa shape index (κ2) is 8.79. The minimum absolute atomic E-state index is 0.168. The summed E-state index contributed by atoms with van der Waals surface area (Å²) in [6.45, 7) is 4.20. The Morgan fingerprint density at radius 2 is 1.77 bits per heavy atom. The lowest BCUT2D eigenvalue weighted by Crippen LogP contribution is -2.23. The normalized spacial score (nSPS) is 10.6. The van der Waals surface area contributed by atoms with E-state index in [1.54, 1.807) is 35.9 Å². The fraction of sp³-hybridized carbons (Fsp3) is 0.136. The van der Waals surface area contributed by atoms with E-state index in [-0.39, 0.29) is 5.91 Å². The molecule has 0 saturated heterocycles. The molecule has 0 saturated carbocycles. The van der Waals surface area contributed by atoms with Crippen molar-refractivity contribution >= 4 is 28.9 Å². The van der Waals surface area contributed by atoms with Crippen LogP contribution in [0.3, 0.4) is 0 Å². The Hall–Kier alpha value is -3.65. The fourth-order valence-electron chi connectivity index (χ4n) is 2.94. The summed E-state index contributed by atoms with van der Waals surface area (Å²) in [6.07, 6.45) is 3.48. The third kappa shape index (κ3) is 4.84. The predicted molar refractivity (Wildman–Crippen MR) is 118 cm³/mol. The predicted octanol–water partition coefficient (Wildman–Crippen LogP) is 4.29. The average molecular weight is 417 g/mol. The number of thiazole rings is 1. The van der Waals surface area contributed by atoms with Gasteiger partial charge in [-0.25, -0.2) is 15.0 Å². The Morgan fingerprint density at radius 1 is 1.00 bits per heavy atom. The summed E-state index contributed by atoms with van der Waals surface area (Å²) < 4.78 is 0. The lowest BCUT2D eigenvalue weighted by Gasteiger charge is -2.09. The number of anilines is 2. The molecular weight excluding hydrogens is 396 g/mol. The molecule has 0 aliphatic rings. The molecule has 1 amide bonds. The molecule has 8 heteroatoms. The zero-order chi connectivity index (χ0) is 20.9. The second-order valence-corrected chi connectivity index (χ2v) is 7.60. The zero-order valence-corrected chi connectivity index (χ0v) is 17.4. The zero-order valence-electron chi connectivity index (χ0n) is 16.6. The smallest absolute Gasteiger partial charge is 0.251 e. The van der Waals surface area contributed by atoms with Crippen LogP contribution in [0.4, 0.5) is 11.6 Å². The largest absolute Gasteiger partial charge is 0.346 e. The molecule has 0 bridgehead atoms. The molecule has 4 aromatic rings. The molecule has 0 aliphatic heterocycles. The van der Waals surface area contributed by atoms with Crippen LogP contribution in [0.25, 0.3) is 10.6 Å². The number of nitrogens with one attached hydrogen (secondary N) is 2. The van der Waals surface area contributed by atoms with Crippen molar-refractivity contribution in [3.05, 3.63) is 82.9 Å². The number of pyridine rings is 1. The highest BCUT2D eigenvalue weighted by molar-refractivity contribution is 7.13. The van der Waals surface area contributed by atoms with Gasteiger partial charge >= 0.3 is 0 Å². The minimum Gasteiger partial charge on any atom is -0.346 e. The molecule has 150 valence electrons. The molecular formula is C22H20N6OS. The highest BCUT2D eigenvalue weighted by Gasteiger charge is 2.10. The number of rotatable bonds is 6. The molecule has 0 radical (unpaired) electrons. The second-order valence-electron chi connectivity index (χ2n) is 6.74. The number of amides is 1. The van der Waals surface area contributed by atoms with Crippen molar-refractivity contribution in [1.29, 1.82) is 0 Å². The van der Waals surface area contributed by atoms with E-state index in [1.807, 2.05) is 49.6 Å². The molecule has 0 spiro atoms. The Kier molecular flexibility index (Phi) is 5.76. The quantitative estimate of drug-likeness (QED) is 0.487. The highest BCUT2D eigenvalue weighted by atomic mass is 32.1. The number of hydrogen-bond donors (Lipinski definition) is 2. The minimum atomic E-state index is -0.168. The number of aryl methyl sites for hydroxylation is 2. The molecule has 4 rings (SSSR count). The van der Waals surface area contributed by atoms with E-state index >= 15 is 0 Å². The third-order valence-corrected chi connectivity index (χ3v) is 5.21. The van der Waals surface area contributed by atoms with Crippen LogP contribution in [0, 0.1) is 13.8 Å². The highest BCUT2D eigenvalue weighted by Crippen LogP contribution is 2.23. The van der Waals surface area contributed by atoms with E-state index in [1.165, 1.54) is 0 Å². The van der Waals surface area contributed by atoms with Crippen LogP contribution in [0.1, 0.15) is 27.4 Å². The van der Waals surface area contributed by atoms with Gasteiger partial charge < -0.3 is 10.6 Å². The van der Waals surface area contributed by atoms with Crippen molar-refractivity contribution in [3.63, 3.8) is 0 Å². The Bertz CT molecular complexity index is 1150. The van der Waals surface area contributed by atoms with Gasteiger partial charge in [-0.05, 0) is 50.2 Å². The van der Waals surface area contributed by atoms with E-state index in [9.17, 15) is 4.79 Å². The van der Waals surface area contributed by atoms with E-state index in [0.29, 0.717) is 18.1 Å². The van der Waals surface area contributed by atoms with Crippen LogP contribution in [-0.4, -0.2) is 25.8 Å². The van der Waals surface area contributed by atoms with Gasteiger partial charge in [-0.1, -0.05) is 6.07 Å². The van der Waals surface area contributed by atoms with Crippen molar-refractivity contribution in [2.45, 2.75) is 20.4 Å². The molecule has 3 heterocycles. The van der Waals surface area contributed by atoms with Crippen LogP contribution in [0.2, 0.25) is 0 Å². The van der Waals surface area contributed by atoms with E-state index in [4.69, 9.17) is 0 Å². The summed E-state index contributed by atoms with van der Waals surface area (Å²) in [4.78, 5) is 30.0. The van der Waals surface area contributed by atoms with Crippen LogP contribution in [-0.2, 0) is 6.54 Å². The molecule has 0 atom stereocenters. The summed E-state index contributed by atoms with van der Waals surface area (Å²) in [5.74, 6) is 0.342. The first-order valence-electron chi connectivity index (χ1n) is 9.39. The number of carbonyl (C=O) groups is 1. The lowest BCUT2D eigenvalue weighted by atomic mass is 10.2. The standard InChI is InChI=1S/C22H20N6OS/c1-14-10-15(2)26-22(25-14)28-18-5-3-4-17(11-18)20(29)24-12-19-13-30-21(27-19)16-6-8-23-9-7-16/h3-11,13H,12H2,1-2H3,(H,24,29)(H,25,26,28). The first-order valence-corrected chi connectivity index (χ1v) is 10.3. The molecule has 0 unspecified atom stereocenters. The number of aromatic nitrogens is 4. The van der Waals surface area contributed by atoms with Gasteiger partial charge in [0.15, 0.2) is 0 Å². The lowest BCUT2D eigenvalue weighted by molar-refractivity contribution is 0.0950. The third-order valence-electron chi connectivity index (χ3n) is 4.27. The molecule has 1 aromatic carbocycles. The number of carbonyl (C=O) groups excluding carboxylic acids is 1. The topological polar surface area (TPSA) is 92.7 Å². The average Bonchev–Trinajstić information content (AvgIpc) is 3.21. The van der Waals surface area contributed by atoms with Gasteiger partial charge in [-0.15, -0.1) is 11.3 Å². The number of benzene rings is 1. The molecule has 7 nitrogen and oxygen atoms in total. The van der Waals surface area contributed by atoms with Gasteiger partial charge in [-0.3, -0.25) is 9.78 Å². The van der Waals surface area contributed by atoms with Gasteiger partial charge in [-0.2, -0.15) is 0 Å². The van der Waals surface area contributed by atoms with Crippen LogP contribution < -0.4 is 10.6 Å². The van der Waals surface area contributed by atoms with Crippen LogP contribution in [0.5, 0.6) is 0 Å². The Labute approximate surface area is 178 Å². The summed E-state index contributed by atoms with van der Waals surface area (Å²) in [5, 5.41) is 8.94. The molecule has 2 N–H and O–H groups in total. The number of nitrogens with zero attached hydrogens (tertiary/aromatic N) is 4.